The molecule has 0 bridgehead atoms. The number of rotatable bonds is 3. The molecule has 1 aromatic carbocycles. The largest absolute Gasteiger partial charge is 0.379 e. The minimum Gasteiger partial charge on any atom is -0.379 e. The Morgan fingerprint density at radius 2 is 2.29 bits per heavy atom. The van der Waals surface area contributed by atoms with Gasteiger partial charge >= 0.3 is 0 Å². The van der Waals surface area contributed by atoms with Crippen LogP contribution in [0.5, 0.6) is 0 Å². The molecule has 1 N–H and O–H groups in total. The fourth-order valence-electron chi connectivity index (χ4n) is 0.919. The van der Waals surface area contributed by atoms with Crippen molar-refractivity contribution in [3.63, 3.8) is 0 Å². The first kappa shape index (κ1) is 10.9. The molecule has 0 amide bonds. The zero-order chi connectivity index (χ0) is 10.6. The molecule has 1 rings (SSSR count). The van der Waals surface area contributed by atoms with Crippen molar-refractivity contribution in [2.45, 2.75) is 0 Å². The van der Waals surface area contributed by atoms with Crippen molar-refractivity contribution in [1.82, 2.24) is 0 Å². The van der Waals surface area contributed by atoms with E-state index in [-0.39, 0.29) is 0 Å². The van der Waals surface area contributed by atoms with Crippen molar-refractivity contribution in [3.05, 3.63) is 40.4 Å². The number of nitrogens with zero attached hydrogens (tertiary/aromatic N) is 1. The minimum atomic E-state index is 0.452. The van der Waals surface area contributed by atoms with Crippen LogP contribution < -0.4 is 5.32 Å². The second kappa shape index (κ2) is 4.90. The SMILES string of the molecule is C=C(Cl)CNc1ccc(C#N)cc1Cl. The summed E-state index contributed by atoms with van der Waals surface area (Å²) in [6.07, 6.45) is 0. The fourth-order valence-corrected chi connectivity index (χ4v) is 1.23. The van der Waals surface area contributed by atoms with Crippen molar-refractivity contribution in [1.29, 1.82) is 5.26 Å². The molecule has 0 saturated heterocycles. The molecule has 0 aromatic heterocycles. The fraction of sp³-hybridized carbons (Fsp3) is 0.100. The first-order valence-corrected chi connectivity index (χ1v) is 4.66. The summed E-state index contributed by atoms with van der Waals surface area (Å²) in [6, 6.07) is 7.02. The molecule has 0 aliphatic heterocycles. The normalized spacial score (nSPS) is 9.21. The Balaban J connectivity index is 2.80. The molecular formula is C10H8Cl2N2. The van der Waals surface area contributed by atoms with E-state index in [4.69, 9.17) is 28.5 Å². The zero-order valence-electron chi connectivity index (χ0n) is 7.35. The molecule has 2 nitrogen and oxygen atoms in total. The van der Waals surface area contributed by atoms with Gasteiger partial charge in [0.2, 0.25) is 0 Å². The maximum atomic E-state index is 8.61. The number of benzene rings is 1. The smallest absolute Gasteiger partial charge is 0.0992 e. The molecule has 0 unspecified atom stereocenters. The van der Waals surface area contributed by atoms with Gasteiger partial charge in [0.15, 0.2) is 0 Å². The molecule has 0 atom stereocenters. The predicted molar refractivity (Wildman–Crippen MR) is 59.6 cm³/mol. The highest BCUT2D eigenvalue weighted by Crippen LogP contribution is 2.22. The van der Waals surface area contributed by atoms with Crippen LogP contribution in [0, 0.1) is 11.3 Å². The van der Waals surface area contributed by atoms with E-state index in [2.05, 4.69) is 11.9 Å². The van der Waals surface area contributed by atoms with Crippen LogP contribution in [0.3, 0.4) is 0 Å². The molecule has 14 heavy (non-hydrogen) atoms. The predicted octanol–water partition coefficient (Wildman–Crippen LogP) is 3.38. The standard InChI is InChI=1S/C10H8Cl2N2/c1-7(11)6-14-10-3-2-8(5-13)4-9(10)12/h2-4,14H,1,6H2. The van der Waals surface area contributed by atoms with Crippen LogP contribution in [-0.2, 0) is 0 Å². The lowest BCUT2D eigenvalue weighted by molar-refractivity contribution is 1.31. The summed E-state index contributed by atoms with van der Waals surface area (Å²) in [6.45, 7) is 3.99. The minimum absolute atomic E-state index is 0.452. The van der Waals surface area contributed by atoms with Gasteiger partial charge in [-0.3, -0.25) is 0 Å². The Hall–Kier alpha value is -1.17. The van der Waals surface area contributed by atoms with Gasteiger partial charge in [-0.25, -0.2) is 0 Å². The van der Waals surface area contributed by atoms with Gasteiger partial charge in [-0.2, -0.15) is 5.26 Å². The maximum absolute atomic E-state index is 8.61. The van der Waals surface area contributed by atoms with E-state index in [0.717, 1.165) is 5.69 Å². The monoisotopic (exact) mass is 226 g/mol. The summed E-state index contributed by atoms with van der Waals surface area (Å²) in [5.41, 5.74) is 1.28. The Bertz CT molecular complexity index is 394. The Morgan fingerprint density at radius 3 is 2.79 bits per heavy atom. The summed E-state index contributed by atoms with van der Waals surface area (Å²) in [5, 5.41) is 12.6. The van der Waals surface area contributed by atoms with Gasteiger partial charge in [0, 0.05) is 5.03 Å². The Morgan fingerprint density at radius 1 is 1.57 bits per heavy atom. The summed E-state index contributed by atoms with van der Waals surface area (Å²) < 4.78 is 0. The van der Waals surface area contributed by atoms with Gasteiger partial charge < -0.3 is 5.32 Å². The van der Waals surface area contributed by atoms with Gasteiger partial charge in [0.25, 0.3) is 0 Å². The molecule has 72 valence electrons. The molecule has 0 spiro atoms. The van der Waals surface area contributed by atoms with Crippen molar-refractivity contribution < 1.29 is 0 Å². The van der Waals surface area contributed by atoms with Gasteiger partial charge in [0.05, 0.1) is 28.9 Å². The quantitative estimate of drug-likeness (QED) is 0.859. The second-order valence-electron chi connectivity index (χ2n) is 2.68. The van der Waals surface area contributed by atoms with Gasteiger partial charge in [-0.15, -0.1) is 0 Å². The molecule has 4 heteroatoms. The zero-order valence-corrected chi connectivity index (χ0v) is 8.86. The first-order valence-electron chi connectivity index (χ1n) is 3.90. The molecule has 1 aromatic rings. The maximum Gasteiger partial charge on any atom is 0.0992 e. The molecule has 0 aliphatic carbocycles. The van der Waals surface area contributed by atoms with Crippen molar-refractivity contribution in [2.24, 2.45) is 0 Å². The number of halogens is 2. The molecular weight excluding hydrogens is 219 g/mol. The molecule has 0 radical (unpaired) electrons. The number of hydrogen-bond acceptors (Lipinski definition) is 2. The third-order valence-corrected chi connectivity index (χ3v) is 2.02. The lowest BCUT2D eigenvalue weighted by Gasteiger charge is -2.06. The lowest BCUT2D eigenvalue weighted by atomic mass is 10.2. The van der Waals surface area contributed by atoms with Crippen LogP contribution in [0.2, 0.25) is 5.02 Å². The lowest BCUT2D eigenvalue weighted by Crippen LogP contribution is -2.01. The summed E-state index contributed by atoms with van der Waals surface area (Å²) in [4.78, 5) is 0. The Kier molecular flexibility index (Phi) is 3.82. The van der Waals surface area contributed by atoms with E-state index >= 15 is 0 Å². The van der Waals surface area contributed by atoms with Crippen LogP contribution in [0.1, 0.15) is 5.56 Å². The third kappa shape index (κ3) is 2.95. The van der Waals surface area contributed by atoms with Gasteiger partial charge in [0.1, 0.15) is 0 Å². The summed E-state index contributed by atoms with van der Waals surface area (Å²) >= 11 is 11.5. The molecule has 0 heterocycles. The van der Waals surface area contributed by atoms with E-state index < -0.39 is 0 Å². The first-order chi connectivity index (χ1) is 6.63. The van der Waals surface area contributed by atoms with Crippen LogP contribution in [0.25, 0.3) is 0 Å². The highest BCUT2D eigenvalue weighted by atomic mass is 35.5. The van der Waals surface area contributed by atoms with E-state index in [1.54, 1.807) is 18.2 Å². The highest BCUT2D eigenvalue weighted by Gasteiger charge is 2.00. The number of anilines is 1. The van der Waals surface area contributed by atoms with Gasteiger partial charge in [-0.05, 0) is 18.2 Å². The average molecular weight is 227 g/mol. The molecule has 0 saturated carbocycles. The second-order valence-corrected chi connectivity index (χ2v) is 3.62. The van der Waals surface area contributed by atoms with E-state index in [0.29, 0.717) is 22.2 Å². The van der Waals surface area contributed by atoms with E-state index in [1.807, 2.05) is 6.07 Å². The summed E-state index contributed by atoms with van der Waals surface area (Å²) in [5.74, 6) is 0. The van der Waals surface area contributed by atoms with E-state index in [9.17, 15) is 0 Å². The van der Waals surface area contributed by atoms with E-state index in [1.165, 1.54) is 0 Å². The number of hydrogen-bond donors (Lipinski definition) is 1. The third-order valence-electron chi connectivity index (χ3n) is 1.57. The van der Waals surface area contributed by atoms with Crippen LogP contribution in [0.15, 0.2) is 29.8 Å². The van der Waals surface area contributed by atoms with Gasteiger partial charge in [-0.1, -0.05) is 29.8 Å². The van der Waals surface area contributed by atoms with Crippen LogP contribution in [0.4, 0.5) is 5.69 Å². The van der Waals surface area contributed by atoms with Crippen molar-refractivity contribution >= 4 is 28.9 Å². The summed E-state index contributed by atoms with van der Waals surface area (Å²) in [7, 11) is 0. The average Bonchev–Trinajstić information content (AvgIpc) is 2.15. The van der Waals surface area contributed by atoms with Crippen molar-refractivity contribution in [3.8, 4) is 6.07 Å². The Labute approximate surface area is 92.8 Å². The molecule has 0 fully saturated rings. The molecule has 0 aliphatic rings. The topological polar surface area (TPSA) is 35.8 Å². The van der Waals surface area contributed by atoms with Crippen LogP contribution >= 0.6 is 23.2 Å². The highest BCUT2D eigenvalue weighted by molar-refractivity contribution is 6.33. The van der Waals surface area contributed by atoms with Crippen LogP contribution in [-0.4, -0.2) is 6.54 Å². The number of nitriles is 1. The number of nitrogens with one attached hydrogen (secondary N) is 1. The van der Waals surface area contributed by atoms with Crippen molar-refractivity contribution in [2.75, 3.05) is 11.9 Å².